The van der Waals surface area contributed by atoms with Crippen molar-refractivity contribution < 1.29 is 9.53 Å². The summed E-state index contributed by atoms with van der Waals surface area (Å²) in [6, 6.07) is 0. The molecule has 1 saturated carbocycles. The molecule has 1 unspecified atom stereocenters. The maximum atomic E-state index is 11.7. The van der Waals surface area contributed by atoms with Gasteiger partial charge in [0.2, 0.25) is 5.91 Å². The topological polar surface area (TPSA) is 83.8 Å². The summed E-state index contributed by atoms with van der Waals surface area (Å²) in [5.74, 6) is 1.29. The largest absolute Gasteiger partial charge is 0.370 e. The van der Waals surface area contributed by atoms with Gasteiger partial charge in [-0.25, -0.2) is 0 Å². The predicted octanol–water partition coefficient (Wildman–Crippen LogP) is 0.903. The molecule has 2 N–H and O–H groups in total. The van der Waals surface area contributed by atoms with Gasteiger partial charge in [-0.05, 0) is 19.8 Å². The molecule has 1 aromatic rings. The second-order valence-corrected chi connectivity index (χ2v) is 6.55. The minimum absolute atomic E-state index is 0. The van der Waals surface area contributed by atoms with Gasteiger partial charge < -0.3 is 20.3 Å². The molecule has 0 aromatic carbocycles. The average Bonchev–Trinajstić information content (AvgIpc) is 3.39. The van der Waals surface area contributed by atoms with E-state index in [1.54, 1.807) is 4.68 Å². The number of nitrogens with zero attached hydrogens (tertiary/aromatic N) is 4. The number of nitrogens with one attached hydrogen (secondary N) is 2. The van der Waals surface area contributed by atoms with E-state index in [1.165, 1.54) is 0 Å². The SMILES string of the molecule is CCNC(=NCCNC(=O)C1CC1)N1CCOC(c2cnn(C)c2)C1.I. The Kier molecular flexibility index (Phi) is 8.14. The van der Waals surface area contributed by atoms with Crippen molar-refractivity contribution in [2.45, 2.75) is 25.9 Å². The number of guanidine groups is 1. The number of halogens is 1. The Morgan fingerprint density at radius 1 is 1.42 bits per heavy atom. The number of hydrogen-bond acceptors (Lipinski definition) is 4. The van der Waals surface area contributed by atoms with Crippen LogP contribution in [0, 0.1) is 5.92 Å². The van der Waals surface area contributed by atoms with Gasteiger partial charge in [-0.1, -0.05) is 0 Å². The number of hydrogen-bond donors (Lipinski definition) is 2. The van der Waals surface area contributed by atoms with Crippen LogP contribution in [-0.4, -0.2) is 65.9 Å². The van der Waals surface area contributed by atoms with Gasteiger partial charge in [0, 0.05) is 44.4 Å². The lowest BCUT2D eigenvalue weighted by Crippen LogP contribution is -2.48. The van der Waals surface area contributed by atoms with Crippen LogP contribution in [0.25, 0.3) is 0 Å². The number of rotatable bonds is 6. The van der Waals surface area contributed by atoms with Crippen LogP contribution in [0.1, 0.15) is 31.4 Å². The van der Waals surface area contributed by atoms with E-state index in [2.05, 4.69) is 32.5 Å². The minimum Gasteiger partial charge on any atom is -0.370 e. The van der Waals surface area contributed by atoms with Gasteiger partial charge in [0.25, 0.3) is 0 Å². The fourth-order valence-electron chi connectivity index (χ4n) is 2.91. The first-order valence-electron chi connectivity index (χ1n) is 9.08. The molecule has 0 spiro atoms. The highest BCUT2D eigenvalue weighted by Crippen LogP contribution is 2.28. The van der Waals surface area contributed by atoms with Crippen LogP contribution in [0.3, 0.4) is 0 Å². The number of carbonyl (C=O) groups excluding carboxylic acids is 1. The summed E-state index contributed by atoms with van der Waals surface area (Å²) in [6.07, 6.45) is 5.90. The molecule has 1 aliphatic carbocycles. The van der Waals surface area contributed by atoms with E-state index in [0.29, 0.717) is 19.7 Å². The Morgan fingerprint density at radius 2 is 2.23 bits per heavy atom. The zero-order valence-corrected chi connectivity index (χ0v) is 17.8. The molecule has 0 bridgehead atoms. The summed E-state index contributed by atoms with van der Waals surface area (Å²) in [7, 11) is 1.91. The maximum Gasteiger partial charge on any atom is 0.223 e. The van der Waals surface area contributed by atoms with Crippen LogP contribution in [0.2, 0.25) is 0 Å². The van der Waals surface area contributed by atoms with Crippen molar-refractivity contribution in [2.75, 3.05) is 39.3 Å². The molecule has 1 aliphatic heterocycles. The van der Waals surface area contributed by atoms with Gasteiger partial charge in [0.1, 0.15) is 6.10 Å². The Bertz CT molecular complexity index is 616. The Labute approximate surface area is 171 Å². The van der Waals surface area contributed by atoms with Gasteiger partial charge in [-0.2, -0.15) is 5.10 Å². The third-order valence-corrected chi connectivity index (χ3v) is 4.42. The van der Waals surface area contributed by atoms with Crippen LogP contribution in [0.15, 0.2) is 17.4 Å². The molecule has 2 aliphatic rings. The highest BCUT2D eigenvalue weighted by atomic mass is 127. The quantitative estimate of drug-likeness (QED) is 0.276. The fourth-order valence-corrected chi connectivity index (χ4v) is 2.91. The van der Waals surface area contributed by atoms with Crippen molar-refractivity contribution >= 4 is 35.8 Å². The number of ether oxygens (including phenoxy) is 1. The fraction of sp³-hybridized carbons (Fsp3) is 0.706. The summed E-state index contributed by atoms with van der Waals surface area (Å²) in [6.45, 7) is 6.23. The average molecular weight is 476 g/mol. The Balaban J connectivity index is 0.00000243. The van der Waals surface area contributed by atoms with Crippen LogP contribution < -0.4 is 10.6 Å². The maximum absolute atomic E-state index is 11.7. The molecule has 146 valence electrons. The first kappa shape index (κ1) is 20.9. The van der Waals surface area contributed by atoms with Crippen molar-refractivity contribution in [3.05, 3.63) is 18.0 Å². The van der Waals surface area contributed by atoms with Crippen LogP contribution >= 0.6 is 24.0 Å². The van der Waals surface area contributed by atoms with Crippen LogP contribution in [-0.2, 0) is 16.6 Å². The summed E-state index contributed by atoms with van der Waals surface area (Å²) < 4.78 is 7.68. The van der Waals surface area contributed by atoms with Crippen molar-refractivity contribution in [2.24, 2.45) is 18.0 Å². The van der Waals surface area contributed by atoms with Gasteiger partial charge in [-0.3, -0.25) is 14.5 Å². The van der Waals surface area contributed by atoms with E-state index >= 15 is 0 Å². The molecule has 1 aromatic heterocycles. The number of aryl methyl sites for hydroxylation is 1. The summed E-state index contributed by atoms with van der Waals surface area (Å²) in [4.78, 5) is 18.5. The molecule has 26 heavy (non-hydrogen) atoms. The first-order valence-corrected chi connectivity index (χ1v) is 9.08. The third kappa shape index (κ3) is 5.83. The first-order chi connectivity index (χ1) is 12.2. The summed E-state index contributed by atoms with van der Waals surface area (Å²) in [5, 5.41) is 10.5. The second kappa shape index (κ2) is 10.1. The lowest BCUT2D eigenvalue weighted by molar-refractivity contribution is -0.122. The van der Waals surface area contributed by atoms with Crippen molar-refractivity contribution in [3.63, 3.8) is 0 Å². The van der Waals surface area contributed by atoms with Crippen molar-refractivity contribution in [1.29, 1.82) is 0 Å². The van der Waals surface area contributed by atoms with Gasteiger partial charge in [0.05, 0.1) is 25.9 Å². The van der Waals surface area contributed by atoms with Crippen molar-refractivity contribution in [3.8, 4) is 0 Å². The molecule has 8 nitrogen and oxygen atoms in total. The molecular weight excluding hydrogens is 447 g/mol. The van der Waals surface area contributed by atoms with E-state index < -0.39 is 0 Å². The molecule has 2 heterocycles. The normalized spacial score (nSPS) is 20.5. The van der Waals surface area contributed by atoms with Gasteiger partial charge in [0.15, 0.2) is 5.96 Å². The zero-order valence-electron chi connectivity index (χ0n) is 15.5. The number of amides is 1. The lowest BCUT2D eigenvalue weighted by Gasteiger charge is -2.34. The highest BCUT2D eigenvalue weighted by molar-refractivity contribution is 14.0. The molecule has 9 heteroatoms. The van der Waals surface area contributed by atoms with Crippen molar-refractivity contribution in [1.82, 2.24) is 25.3 Å². The minimum atomic E-state index is 0. The van der Waals surface area contributed by atoms with Crippen LogP contribution in [0.5, 0.6) is 0 Å². The number of aliphatic imine (C=N–C) groups is 1. The highest BCUT2D eigenvalue weighted by Gasteiger charge is 2.29. The monoisotopic (exact) mass is 476 g/mol. The van der Waals surface area contributed by atoms with E-state index in [4.69, 9.17) is 4.74 Å². The zero-order chi connectivity index (χ0) is 17.6. The molecular formula is C17H29IN6O2. The predicted molar refractivity (Wildman–Crippen MR) is 111 cm³/mol. The molecule has 0 radical (unpaired) electrons. The number of carbonyl (C=O) groups is 1. The van der Waals surface area contributed by atoms with E-state index in [0.717, 1.165) is 44.0 Å². The van der Waals surface area contributed by atoms with Gasteiger partial charge >= 0.3 is 0 Å². The Hall–Kier alpha value is -1.36. The van der Waals surface area contributed by atoms with E-state index in [1.807, 2.05) is 19.4 Å². The third-order valence-electron chi connectivity index (χ3n) is 4.42. The smallest absolute Gasteiger partial charge is 0.223 e. The summed E-state index contributed by atoms with van der Waals surface area (Å²) >= 11 is 0. The molecule has 2 fully saturated rings. The van der Waals surface area contributed by atoms with E-state index in [9.17, 15) is 4.79 Å². The van der Waals surface area contributed by atoms with Gasteiger partial charge in [-0.15, -0.1) is 24.0 Å². The second-order valence-electron chi connectivity index (χ2n) is 6.55. The Morgan fingerprint density at radius 3 is 2.88 bits per heavy atom. The molecule has 1 saturated heterocycles. The molecule has 3 rings (SSSR count). The van der Waals surface area contributed by atoms with E-state index in [-0.39, 0.29) is 41.9 Å². The molecule has 1 atom stereocenters. The van der Waals surface area contributed by atoms with Crippen LogP contribution in [0.4, 0.5) is 0 Å². The lowest BCUT2D eigenvalue weighted by atomic mass is 10.1. The molecule has 1 amide bonds. The number of morpholine rings is 1. The number of aromatic nitrogens is 2. The standard InChI is InChI=1S/C17H28N6O2.HI/c1-3-18-17(20-7-6-19-16(24)13-4-5-13)23-8-9-25-15(12-23)14-10-21-22(2)11-14;/h10-11,13,15H,3-9,12H2,1-2H3,(H,18,20)(H,19,24);1H. The summed E-state index contributed by atoms with van der Waals surface area (Å²) in [5.41, 5.74) is 1.08.